The van der Waals surface area contributed by atoms with Crippen molar-refractivity contribution >= 4 is 0 Å². The molecule has 0 aliphatic heterocycles. The standard InChI is InChI=1S/C18H28F3N/c1-8-22(17(5,6)7)12-13-9-10-14(16(2,3)4)11-15(13)18(19,20)21/h9-11H,8,12H2,1-7H3. The lowest BCUT2D eigenvalue weighted by Crippen LogP contribution is -2.41. The summed E-state index contributed by atoms with van der Waals surface area (Å²) in [6.45, 7) is 14.8. The molecule has 0 saturated carbocycles. The zero-order valence-electron chi connectivity index (χ0n) is 14.7. The number of hydrogen-bond acceptors (Lipinski definition) is 1. The van der Waals surface area contributed by atoms with Crippen LogP contribution in [0.3, 0.4) is 0 Å². The van der Waals surface area contributed by atoms with Crippen LogP contribution >= 0.6 is 0 Å². The molecule has 0 aliphatic rings. The third-order valence-corrected chi connectivity index (χ3v) is 3.97. The van der Waals surface area contributed by atoms with E-state index in [9.17, 15) is 13.2 Å². The van der Waals surface area contributed by atoms with Gasteiger partial charge in [0.1, 0.15) is 0 Å². The van der Waals surface area contributed by atoms with Crippen molar-refractivity contribution in [3.05, 3.63) is 34.9 Å². The Hall–Kier alpha value is -1.03. The molecule has 0 spiro atoms. The van der Waals surface area contributed by atoms with Crippen molar-refractivity contribution in [2.45, 2.75) is 72.1 Å². The van der Waals surface area contributed by atoms with Crippen LogP contribution in [0.25, 0.3) is 0 Å². The highest BCUT2D eigenvalue weighted by Gasteiger charge is 2.35. The number of hydrogen-bond donors (Lipinski definition) is 0. The smallest absolute Gasteiger partial charge is 0.294 e. The van der Waals surface area contributed by atoms with Gasteiger partial charge in [0.2, 0.25) is 0 Å². The van der Waals surface area contributed by atoms with E-state index in [0.717, 1.165) is 0 Å². The summed E-state index contributed by atoms with van der Waals surface area (Å²) in [6.07, 6.45) is -4.33. The van der Waals surface area contributed by atoms with Gasteiger partial charge >= 0.3 is 6.18 Å². The Morgan fingerprint density at radius 3 is 1.86 bits per heavy atom. The molecule has 0 N–H and O–H groups in total. The SMILES string of the molecule is CCN(Cc1ccc(C(C)(C)C)cc1C(F)(F)F)C(C)(C)C. The Morgan fingerprint density at radius 2 is 1.50 bits per heavy atom. The van der Waals surface area contributed by atoms with Crippen LogP contribution in [-0.2, 0) is 18.1 Å². The topological polar surface area (TPSA) is 3.24 Å². The summed E-state index contributed by atoms with van der Waals surface area (Å²) < 4.78 is 40.3. The van der Waals surface area contributed by atoms with Crippen molar-refractivity contribution in [2.75, 3.05) is 6.54 Å². The van der Waals surface area contributed by atoms with Gasteiger partial charge in [-0.1, -0.05) is 39.8 Å². The van der Waals surface area contributed by atoms with E-state index in [-0.39, 0.29) is 11.0 Å². The maximum atomic E-state index is 13.4. The normalized spacial score (nSPS) is 13.8. The molecule has 0 radical (unpaired) electrons. The molecule has 4 heteroatoms. The first-order valence-corrected chi connectivity index (χ1v) is 7.72. The van der Waals surface area contributed by atoms with E-state index in [1.165, 1.54) is 6.07 Å². The molecule has 22 heavy (non-hydrogen) atoms. The minimum atomic E-state index is -4.33. The lowest BCUT2D eigenvalue weighted by molar-refractivity contribution is -0.138. The maximum Gasteiger partial charge on any atom is 0.416 e. The molecular formula is C18H28F3N. The maximum absolute atomic E-state index is 13.4. The van der Waals surface area contributed by atoms with E-state index in [4.69, 9.17) is 0 Å². The Bertz CT molecular complexity index is 505. The average Bonchev–Trinajstić information content (AvgIpc) is 2.32. The van der Waals surface area contributed by atoms with Gasteiger partial charge in [-0.15, -0.1) is 0 Å². The van der Waals surface area contributed by atoms with E-state index in [1.807, 2.05) is 59.4 Å². The van der Waals surface area contributed by atoms with Gasteiger partial charge in [0.25, 0.3) is 0 Å². The van der Waals surface area contributed by atoms with Crippen molar-refractivity contribution in [1.29, 1.82) is 0 Å². The second kappa shape index (κ2) is 6.23. The van der Waals surface area contributed by atoms with Crippen LogP contribution in [0.1, 0.15) is 65.2 Å². The molecular weight excluding hydrogens is 287 g/mol. The molecule has 0 amide bonds. The van der Waals surface area contributed by atoms with Crippen LogP contribution < -0.4 is 0 Å². The van der Waals surface area contributed by atoms with E-state index in [0.29, 0.717) is 24.2 Å². The molecule has 0 saturated heterocycles. The predicted molar refractivity (Wildman–Crippen MR) is 86.0 cm³/mol. The number of nitrogens with zero attached hydrogens (tertiary/aromatic N) is 1. The fourth-order valence-electron chi connectivity index (χ4n) is 2.47. The second-order valence-electron chi connectivity index (χ2n) is 7.80. The molecule has 1 aromatic rings. The van der Waals surface area contributed by atoms with Gasteiger partial charge in [-0.2, -0.15) is 13.2 Å². The van der Waals surface area contributed by atoms with Gasteiger partial charge < -0.3 is 0 Å². The highest BCUT2D eigenvalue weighted by atomic mass is 19.4. The molecule has 1 rings (SSSR count). The Balaban J connectivity index is 3.31. The molecule has 0 atom stereocenters. The van der Waals surface area contributed by atoms with Gasteiger partial charge in [-0.25, -0.2) is 0 Å². The molecule has 0 heterocycles. The summed E-state index contributed by atoms with van der Waals surface area (Å²) in [5, 5.41) is 0. The summed E-state index contributed by atoms with van der Waals surface area (Å²) in [6, 6.07) is 4.77. The molecule has 1 nitrogen and oxygen atoms in total. The van der Waals surface area contributed by atoms with Crippen LogP contribution in [-0.4, -0.2) is 17.0 Å². The number of alkyl halides is 3. The second-order valence-corrected chi connectivity index (χ2v) is 7.80. The first kappa shape index (κ1) is 19.0. The first-order chi connectivity index (χ1) is 9.76. The summed E-state index contributed by atoms with van der Waals surface area (Å²) in [5.74, 6) is 0. The van der Waals surface area contributed by atoms with Crippen LogP contribution in [0, 0.1) is 0 Å². The summed E-state index contributed by atoms with van der Waals surface area (Å²) in [7, 11) is 0. The fraction of sp³-hybridized carbons (Fsp3) is 0.667. The predicted octanol–water partition coefficient (Wildman–Crippen LogP) is 5.62. The zero-order chi connectivity index (χ0) is 17.3. The Kier molecular flexibility index (Phi) is 5.38. The Morgan fingerprint density at radius 1 is 0.955 bits per heavy atom. The van der Waals surface area contributed by atoms with Crippen molar-refractivity contribution in [3.8, 4) is 0 Å². The highest BCUT2D eigenvalue weighted by Crippen LogP contribution is 2.36. The quantitative estimate of drug-likeness (QED) is 0.699. The third-order valence-electron chi connectivity index (χ3n) is 3.97. The number of rotatable bonds is 3. The monoisotopic (exact) mass is 315 g/mol. The van der Waals surface area contributed by atoms with Crippen LogP contribution in [0.4, 0.5) is 13.2 Å². The van der Waals surface area contributed by atoms with Gasteiger partial charge in [-0.05, 0) is 49.9 Å². The third kappa shape index (κ3) is 4.73. The first-order valence-electron chi connectivity index (χ1n) is 7.72. The summed E-state index contributed by atoms with van der Waals surface area (Å²) in [5.41, 5.74) is 0.0788. The fourth-order valence-corrected chi connectivity index (χ4v) is 2.47. The van der Waals surface area contributed by atoms with Gasteiger partial charge in [0, 0.05) is 12.1 Å². The van der Waals surface area contributed by atoms with E-state index < -0.39 is 11.7 Å². The summed E-state index contributed by atoms with van der Waals surface area (Å²) >= 11 is 0. The molecule has 0 unspecified atom stereocenters. The molecule has 126 valence electrons. The highest BCUT2D eigenvalue weighted by molar-refractivity contribution is 5.37. The van der Waals surface area contributed by atoms with Crippen molar-refractivity contribution in [2.24, 2.45) is 0 Å². The van der Waals surface area contributed by atoms with Gasteiger partial charge in [0.05, 0.1) is 5.56 Å². The largest absolute Gasteiger partial charge is 0.416 e. The van der Waals surface area contributed by atoms with E-state index in [1.54, 1.807) is 6.07 Å². The minimum Gasteiger partial charge on any atom is -0.294 e. The molecule has 0 bridgehead atoms. The minimum absolute atomic E-state index is 0.166. The number of benzene rings is 1. The molecule has 0 fully saturated rings. The van der Waals surface area contributed by atoms with Crippen LogP contribution in [0.5, 0.6) is 0 Å². The number of halogens is 3. The van der Waals surface area contributed by atoms with E-state index >= 15 is 0 Å². The molecule has 0 aromatic heterocycles. The van der Waals surface area contributed by atoms with Crippen LogP contribution in [0.15, 0.2) is 18.2 Å². The molecule has 0 aliphatic carbocycles. The zero-order valence-corrected chi connectivity index (χ0v) is 14.7. The van der Waals surface area contributed by atoms with Gasteiger partial charge in [0.15, 0.2) is 0 Å². The lowest BCUT2D eigenvalue weighted by atomic mass is 9.85. The van der Waals surface area contributed by atoms with Crippen LogP contribution in [0.2, 0.25) is 0 Å². The van der Waals surface area contributed by atoms with Gasteiger partial charge in [-0.3, -0.25) is 4.90 Å². The average molecular weight is 315 g/mol. The van der Waals surface area contributed by atoms with Crippen molar-refractivity contribution < 1.29 is 13.2 Å². The lowest BCUT2D eigenvalue weighted by Gasteiger charge is -2.35. The molecule has 1 aromatic carbocycles. The Labute approximate surface area is 132 Å². The van der Waals surface area contributed by atoms with Crippen molar-refractivity contribution in [1.82, 2.24) is 4.90 Å². The summed E-state index contributed by atoms with van der Waals surface area (Å²) in [4.78, 5) is 2.05. The van der Waals surface area contributed by atoms with Crippen molar-refractivity contribution in [3.63, 3.8) is 0 Å². The van der Waals surface area contributed by atoms with E-state index in [2.05, 4.69) is 0 Å².